The van der Waals surface area contributed by atoms with Gasteiger partial charge in [-0.3, -0.25) is 4.79 Å². The number of halogens is 1. The van der Waals surface area contributed by atoms with Gasteiger partial charge in [-0.25, -0.2) is 4.98 Å². The summed E-state index contributed by atoms with van der Waals surface area (Å²) in [5.41, 5.74) is 7.38. The smallest absolute Gasteiger partial charge is 0.132 e. The standard InChI is InChI=1S/C28H23BrN2O/c1-18-6-5-8-21(14-18)27-17-26-24(16-20-7-3-4-9-25(20)30-26)28(15-19(2)32)31(27)23-12-10-22(29)11-13-23/h3-14,16-17,28H,15H2,1-2H3. The Morgan fingerprint density at radius 1 is 1.00 bits per heavy atom. The van der Waals surface area contributed by atoms with E-state index >= 15 is 0 Å². The number of pyridine rings is 1. The number of aryl methyl sites for hydroxylation is 1. The monoisotopic (exact) mass is 482 g/mol. The van der Waals surface area contributed by atoms with E-state index in [0.717, 1.165) is 43.6 Å². The van der Waals surface area contributed by atoms with Crippen molar-refractivity contribution in [2.75, 3.05) is 4.90 Å². The van der Waals surface area contributed by atoms with Crippen molar-refractivity contribution in [3.8, 4) is 0 Å². The van der Waals surface area contributed by atoms with Crippen LogP contribution in [0.4, 0.5) is 5.69 Å². The van der Waals surface area contributed by atoms with Crippen LogP contribution in [-0.4, -0.2) is 10.8 Å². The molecule has 5 rings (SSSR count). The number of ketones is 1. The zero-order valence-corrected chi connectivity index (χ0v) is 19.6. The van der Waals surface area contributed by atoms with Gasteiger partial charge in [0, 0.05) is 27.5 Å². The van der Waals surface area contributed by atoms with E-state index in [1.54, 1.807) is 6.92 Å². The van der Waals surface area contributed by atoms with Crippen molar-refractivity contribution in [2.45, 2.75) is 26.3 Å². The van der Waals surface area contributed by atoms with Crippen LogP contribution in [0.2, 0.25) is 0 Å². The quantitative estimate of drug-likeness (QED) is 0.304. The Balaban J connectivity index is 1.80. The molecule has 4 aromatic rings. The first-order valence-electron chi connectivity index (χ1n) is 10.7. The van der Waals surface area contributed by atoms with Crippen LogP contribution in [0, 0.1) is 6.92 Å². The van der Waals surface area contributed by atoms with Crippen molar-refractivity contribution in [3.05, 3.63) is 106 Å². The lowest BCUT2D eigenvalue weighted by molar-refractivity contribution is -0.117. The lowest BCUT2D eigenvalue weighted by atomic mass is 9.90. The van der Waals surface area contributed by atoms with Gasteiger partial charge in [0.05, 0.1) is 22.9 Å². The average molecular weight is 483 g/mol. The van der Waals surface area contributed by atoms with E-state index in [2.05, 4.69) is 82.4 Å². The number of nitrogens with zero attached hydrogens (tertiary/aromatic N) is 2. The predicted molar refractivity (Wildman–Crippen MR) is 135 cm³/mol. The molecule has 0 saturated heterocycles. The van der Waals surface area contributed by atoms with E-state index in [9.17, 15) is 4.79 Å². The molecule has 0 bridgehead atoms. The number of anilines is 1. The first-order valence-corrected chi connectivity index (χ1v) is 11.5. The van der Waals surface area contributed by atoms with Gasteiger partial charge < -0.3 is 4.90 Å². The van der Waals surface area contributed by atoms with E-state index in [4.69, 9.17) is 4.98 Å². The molecule has 3 aromatic carbocycles. The molecule has 0 spiro atoms. The summed E-state index contributed by atoms with van der Waals surface area (Å²) in [5, 5.41) is 1.09. The normalized spacial score (nSPS) is 15.4. The zero-order valence-electron chi connectivity index (χ0n) is 18.0. The van der Waals surface area contributed by atoms with Gasteiger partial charge in [0.25, 0.3) is 0 Å². The van der Waals surface area contributed by atoms with E-state index in [0.29, 0.717) is 6.42 Å². The van der Waals surface area contributed by atoms with Crippen molar-refractivity contribution in [3.63, 3.8) is 0 Å². The van der Waals surface area contributed by atoms with Gasteiger partial charge in [0.2, 0.25) is 0 Å². The van der Waals surface area contributed by atoms with Gasteiger partial charge in [0.1, 0.15) is 5.78 Å². The van der Waals surface area contributed by atoms with E-state index < -0.39 is 0 Å². The molecule has 0 aliphatic carbocycles. The summed E-state index contributed by atoms with van der Waals surface area (Å²) in [6, 6.07) is 27.0. The summed E-state index contributed by atoms with van der Waals surface area (Å²) < 4.78 is 1.02. The van der Waals surface area contributed by atoms with Gasteiger partial charge in [-0.2, -0.15) is 0 Å². The molecule has 0 amide bonds. The number of aromatic nitrogens is 1. The first kappa shape index (κ1) is 20.7. The summed E-state index contributed by atoms with van der Waals surface area (Å²) in [7, 11) is 0. The molecule has 0 fully saturated rings. The molecular formula is C28H23BrN2O. The van der Waals surface area contributed by atoms with E-state index in [1.807, 2.05) is 30.3 Å². The van der Waals surface area contributed by atoms with Crippen LogP contribution in [-0.2, 0) is 4.79 Å². The fourth-order valence-corrected chi connectivity index (χ4v) is 4.72. The maximum absolute atomic E-state index is 12.4. The Kier molecular flexibility index (Phi) is 5.40. The number of fused-ring (bicyclic) bond motifs is 2. The molecule has 3 nitrogen and oxygen atoms in total. The van der Waals surface area contributed by atoms with Crippen LogP contribution in [0.15, 0.2) is 83.3 Å². The summed E-state index contributed by atoms with van der Waals surface area (Å²) in [6.07, 6.45) is 2.57. The molecule has 1 aromatic heterocycles. The Labute approximate surface area is 196 Å². The van der Waals surface area contributed by atoms with Crippen LogP contribution >= 0.6 is 15.9 Å². The number of rotatable bonds is 4. The van der Waals surface area contributed by atoms with Crippen LogP contribution < -0.4 is 4.90 Å². The number of hydrogen-bond donors (Lipinski definition) is 0. The molecule has 0 radical (unpaired) electrons. The minimum Gasteiger partial charge on any atom is -0.333 e. The van der Waals surface area contributed by atoms with Gasteiger partial charge >= 0.3 is 0 Å². The summed E-state index contributed by atoms with van der Waals surface area (Å²) >= 11 is 3.55. The molecule has 2 heterocycles. The molecule has 1 atom stereocenters. The summed E-state index contributed by atoms with van der Waals surface area (Å²) in [4.78, 5) is 19.7. The Hall–Kier alpha value is -3.24. The highest BCUT2D eigenvalue weighted by Gasteiger charge is 2.32. The fourth-order valence-electron chi connectivity index (χ4n) is 4.46. The highest BCUT2D eigenvalue weighted by atomic mass is 79.9. The largest absolute Gasteiger partial charge is 0.333 e. The van der Waals surface area contributed by atoms with Crippen LogP contribution in [0.25, 0.3) is 22.7 Å². The third kappa shape index (κ3) is 3.87. The number of hydrogen-bond acceptors (Lipinski definition) is 3. The molecule has 1 aliphatic rings. The second-order valence-electron chi connectivity index (χ2n) is 8.32. The Morgan fingerprint density at radius 3 is 2.53 bits per heavy atom. The lowest BCUT2D eigenvalue weighted by Crippen LogP contribution is -2.32. The van der Waals surface area contributed by atoms with Crippen molar-refractivity contribution in [1.82, 2.24) is 4.98 Å². The minimum atomic E-state index is -0.138. The lowest BCUT2D eigenvalue weighted by Gasteiger charge is -2.39. The van der Waals surface area contributed by atoms with E-state index in [-0.39, 0.29) is 11.8 Å². The van der Waals surface area contributed by atoms with Crippen molar-refractivity contribution >= 4 is 50.1 Å². The molecular weight excluding hydrogens is 460 g/mol. The number of benzene rings is 3. The van der Waals surface area contributed by atoms with Gasteiger partial charge in [0.15, 0.2) is 0 Å². The number of Topliss-reactive ketones (excluding diaryl/α,β-unsaturated/α-hetero) is 1. The molecule has 1 unspecified atom stereocenters. The van der Waals surface area contributed by atoms with Crippen molar-refractivity contribution in [1.29, 1.82) is 0 Å². The van der Waals surface area contributed by atoms with Gasteiger partial charge in [-0.15, -0.1) is 0 Å². The summed E-state index contributed by atoms with van der Waals surface area (Å²) in [6.45, 7) is 3.77. The average Bonchev–Trinajstić information content (AvgIpc) is 2.78. The third-order valence-corrected chi connectivity index (χ3v) is 6.42. The van der Waals surface area contributed by atoms with Crippen molar-refractivity contribution < 1.29 is 4.79 Å². The molecule has 0 N–H and O–H groups in total. The topological polar surface area (TPSA) is 33.2 Å². The highest BCUT2D eigenvalue weighted by molar-refractivity contribution is 9.10. The molecule has 32 heavy (non-hydrogen) atoms. The number of carbonyl (C=O) groups excluding carboxylic acids is 1. The molecule has 1 aliphatic heterocycles. The van der Waals surface area contributed by atoms with Crippen molar-refractivity contribution in [2.24, 2.45) is 0 Å². The fraction of sp³-hybridized carbons (Fsp3) is 0.143. The van der Waals surface area contributed by atoms with Crippen LogP contribution in [0.3, 0.4) is 0 Å². The summed E-state index contributed by atoms with van der Waals surface area (Å²) in [5.74, 6) is 0.154. The maximum Gasteiger partial charge on any atom is 0.132 e. The maximum atomic E-state index is 12.4. The highest BCUT2D eigenvalue weighted by Crippen LogP contribution is 2.44. The Morgan fingerprint density at radius 2 is 1.78 bits per heavy atom. The second-order valence-corrected chi connectivity index (χ2v) is 9.24. The van der Waals surface area contributed by atoms with Gasteiger partial charge in [-0.05, 0) is 68.0 Å². The number of carbonyl (C=O) groups is 1. The minimum absolute atomic E-state index is 0.138. The first-order chi connectivity index (χ1) is 15.5. The third-order valence-electron chi connectivity index (χ3n) is 5.89. The Bertz CT molecular complexity index is 1360. The second kappa shape index (κ2) is 8.36. The number of para-hydroxylation sites is 1. The van der Waals surface area contributed by atoms with Gasteiger partial charge in [-0.1, -0.05) is 57.9 Å². The van der Waals surface area contributed by atoms with Crippen LogP contribution in [0.1, 0.15) is 41.8 Å². The van der Waals surface area contributed by atoms with E-state index in [1.165, 1.54) is 5.56 Å². The van der Waals surface area contributed by atoms with Crippen LogP contribution in [0.5, 0.6) is 0 Å². The zero-order chi connectivity index (χ0) is 22.2. The molecule has 0 saturated carbocycles. The SMILES string of the molecule is CC(=O)CC1c2cc3ccccc3nc2C=C(c2cccc(C)c2)N1c1ccc(Br)cc1. The molecule has 158 valence electrons. The predicted octanol–water partition coefficient (Wildman–Crippen LogP) is 7.34. The molecule has 4 heteroatoms.